The molecule has 0 unspecified atom stereocenters. The van der Waals surface area contributed by atoms with E-state index in [9.17, 15) is 19.2 Å². The van der Waals surface area contributed by atoms with Crippen LogP contribution in [0.1, 0.15) is 48.7 Å². The Kier molecular flexibility index (Phi) is 7.23. The fourth-order valence-corrected chi connectivity index (χ4v) is 4.88. The van der Waals surface area contributed by atoms with Gasteiger partial charge in [-0.3, -0.25) is 9.59 Å². The maximum Gasteiger partial charge on any atom is 0.338 e. The van der Waals surface area contributed by atoms with Crippen LogP contribution in [0.3, 0.4) is 0 Å². The van der Waals surface area contributed by atoms with Crippen molar-refractivity contribution in [3.05, 3.63) is 62.4 Å². The number of aryl methyl sites for hydroxylation is 1. The summed E-state index contributed by atoms with van der Waals surface area (Å²) in [6.07, 6.45) is 3.58. The Bertz CT molecular complexity index is 1440. The van der Waals surface area contributed by atoms with E-state index in [1.54, 1.807) is 36.1 Å². The SMILES string of the molecule is CC[C@H]1CCCCN1C(=O)Cn1c(=O)c2c(C(=O)OC)cc(C)nc2n(-c2ccccc2OC)c1=O. The molecule has 1 fully saturated rings. The largest absolute Gasteiger partial charge is 0.495 e. The summed E-state index contributed by atoms with van der Waals surface area (Å²) in [7, 11) is 2.68. The van der Waals surface area contributed by atoms with Crippen LogP contribution < -0.4 is 16.0 Å². The average Bonchev–Trinajstić information content (AvgIpc) is 2.90. The zero-order chi connectivity index (χ0) is 26.0. The van der Waals surface area contributed by atoms with E-state index >= 15 is 0 Å². The minimum atomic E-state index is -0.771. The number of fused-ring (bicyclic) bond motifs is 1. The topological polar surface area (TPSA) is 113 Å². The summed E-state index contributed by atoms with van der Waals surface area (Å²) in [6, 6.07) is 8.29. The molecule has 1 aromatic carbocycles. The third-order valence-electron chi connectivity index (χ3n) is 6.66. The molecule has 0 N–H and O–H groups in total. The molecule has 3 heterocycles. The van der Waals surface area contributed by atoms with Gasteiger partial charge in [0, 0.05) is 18.3 Å². The number of methoxy groups -OCH3 is 2. The van der Waals surface area contributed by atoms with E-state index in [1.807, 2.05) is 6.92 Å². The molecule has 1 aliphatic heterocycles. The minimum absolute atomic E-state index is 0.0111. The second kappa shape index (κ2) is 10.3. The molecule has 3 aromatic rings. The number of hydrogen-bond acceptors (Lipinski definition) is 7. The van der Waals surface area contributed by atoms with E-state index < -0.39 is 23.8 Å². The number of piperidine rings is 1. The molecule has 1 aliphatic rings. The third kappa shape index (κ3) is 4.38. The van der Waals surface area contributed by atoms with E-state index in [0.29, 0.717) is 23.7 Å². The molecule has 0 aliphatic carbocycles. The monoisotopic (exact) mass is 494 g/mol. The van der Waals surface area contributed by atoms with Gasteiger partial charge in [-0.25, -0.2) is 23.7 Å². The molecule has 1 atom stereocenters. The molecular formula is C26H30N4O6. The first-order valence-electron chi connectivity index (χ1n) is 12.0. The number of amides is 1. The van der Waals surface area contributed by atoms with Crippen molar-refractivity contribution < 1.29 is 19.1 Å². The summed E-state index contributed by atoms with van der Waals surface area (Å²) in [5.41, 5.74) is -0.813. The van der Waals surface area contributed by atoms with Gasteiger partial charge in [0.2, 0.25) is 5.91 Å². The Hall–Kier alpha value is -3.95. The maximum absolute atomic E-state index is 13.8. The van der Waals surface area contributed by atoms with Crippen LogP contribution in [-0.2, 0) is 16.1 Å². The molecule has 0 spiro atoms. The van der Waals surface area contributed by atoms with E-state index in [4.69, 9.17) is 9.47 Å². The highest BCUT2D eigenvalue weighted by atomic mass is 16.5. The number of aromatic nitrogens is 3. The second-order valence-corrected chi connectivity index (χ2v) is 8.83. The Morgan fingerprint density at radius 2 is 1.89 bits per heavy atom. The number of ether oxygens (including phenoxy) is 2. The summed E-state index contributed by atoms with van der Waals surface area (Å²) in [4.78, 5) is 59.8. The molecule has 0 radical (unpaired) electrons. The number of rotatable bonds is 6. The van der Waals surface area contributed by atoms with Gasteiger partial charge in [0.25, 0.3) is 5.56 Å². The van der Waals surface area contributed by atoms with E-state index in [-0.39, 0.29) is 28.5 Å². The molecule has 1 saturated heterocycles. The first-order valence-corrected chi connectivity index (χ1v) is 12.0. The Morgan fingerprint density at radius 3 is 2.58 bits per heavy atom. The van der Waals surface area contributed by atoms with Crippen molar-refractivity contribution in [2.45, 2.75) is 52.1 Å². The van der Waals surface area contributed by atoms with Crippen LogP contribution in [-0.4, -0.2) is 57.7 Å². The third-order valence-corrected chi connectivity index (χ3v) is 6.66. The number of pyridine rings is 1. The highest BCUT2D eigenvalue weighted by molar-refractivity contribution is 6.02. The Labute approximate surface area is 208 Å². The quantitative estimate of drug-likeness (QED) is 0.484. The van der Waals surface area contributed by atoms with Gasteiger partial charge < -0.3 is 14.4 Å². The van der Waals surface area contributed by atoms with E-state index in [0.717, 1.165) is 30.3 Å². The number of likely N-dealkylation sites (tertiary alicyclic amines) is 1. The van der Waals surface area contributed by atoms with Crippen molar-refractivity contribution in [3.63, 3.8) is 0 Å². The van der Waals surface area contributed by atoms with Crippen LogP contribution >= 0.6 is 0 Å². The fourth-order valence-electron chi connectivity index (χ4n) is 4.88. The molecular weight excluding hydrogens is 464 g/mol. The number of esters is 1. The van der Waals surface area contributed by atoms with Crippen LogP contribution in [0.5, 0.6) is 5.75 Å². The van der Waals surface area contributed by atoms with Crippen molar-refractivity contribution in [2.75, 3.05) is 20.8 Å². The van der Waals surface area contributed by atoms with Crippen LogP contribution in [0.25, 0.3) is 16.7 Å². The van der Waals surface area contributed by atoms with E-state index in [1.165, 1.54) is 24.9 Å². The summed E-state index contributed by atoms with van der Waals surface area (Å²) in [5, 5.41) is -0.101. The van der Waals surface area contributed by atoms with Crippen molar-refractivity contribution in [1.29, 1.82) is 0 Å². The smallest absolute Gasteiger partial charge is 0.338 e. The molecule has 0 saturated carbocycles. The van der Waals surface area contributed by atoms with Crippen molar-refractivity contribution in [2.24, 2.45) is 0 Å². The minimum Gasteiger partial charge on any atom is -0.495 e. The second-order valence-electron chi connectivity index (χ2n) is 8.83. The van der Waals surface area contributed by atoms with Crippen LogP contribution in [0, 0.1) is 6.92 Å². The van der Waals surface area contributed by atoms with Gasteiger partial charge in [-0.15, -0.1) is 0 Å². The van der Waals surface area contributed by atoms with Crippen molar-refractivity contribution >= 4 is 22.9 Å². The van der Waals surface area contributed by atoms with Gasteiger partial charge in [0.15, 0.2) is 5.65 Å². The fraction of sp³-hybridized carbons (Fsp3) is 0.423. The van der Waals surface area contributed by atoms with Gasteiger partial charge in [0.1, 0.15) is 12.3 Å². The molecule has 0 bridgehead atoms. The maximum atomic E-state index is 13.8. The lowest BCUT2D eigenvalue weighted by Crippen LogP contribution is -2.49. The molecule has 4 rings (SSSR count). The molecule has 2 aromatic heterocycles. The van der Waals surface area contributed by atoms with Crippen LogP contribution in [0.4, 0.5) is 0 Å². The summed E-state index contributed by atoms with van der Waals surface area (Å²) in [5.74, 6) is -0.693. The lowest BCUT2D eigenvalue weighted by atomic mass is 10.00. The summed E-state index contributed by atoms with van der Waals surface area (Å²) in [6.45, 7) is 3.80. The Balaban J connectivity index is 2.03. The van der Waals surface area contributed by atoms with Gasteiger partial charge in [-0.2, -0.15) is 0 Å². The Morgan fingerprint density at radius 1 is 1.14 bits per heavy atom. The number of carbonyl (C=O) groups is 2. The standard InChI is InChI=1S/C26H30N4O6/c1-5-17-10-8-9-13-28(17)21(31)15-29-24(32)22-18(25(33)36-4)14-16(2)27-23(22)30(26(29)34)19-11-6-7-12-20(19)35-3/h6-7,11-12,14,17H,5,8-10,13,15H2,1-4H3/t17-/m0/s1. The number of benzene rings is 1. The first-order chi connectivity index (χ1) is 17.3. The van der Waals surface area contributed by atoms with Crippen LogP contribution in [0.15, 0.2) is 39.9 Å². The van der Waals surface area contributed by atoms with Crippen molar-refractivity contribution in [3.8, 4) is 11.4 Å². The first kappa shape index (κ1) is 25.2. The van der Waals surface area contributed by atoms with Gasteiger partial charge in [-0.1, -0.05) is 19.1 Å². The lowest BCUT2D eigenvalue weighted by molar-refractivity contribution is -0.135. The summed E-state index contributed by atoms with van der Waals surface area (Å²) >= 11 is 0. The normalized spacial score (nSPS) is 15.7. The highest BCUT2D eigenvalue weighted by Crippen LogP contribution is 2.25. The molecule has 10 heteroatoms. The van der Waals surface area contributed by atoms with Gasteiger partial charge >= 0.3 is 11.7 Å². The van der Waals surface area contributed by atoms with Gasteiger partial charge in [0.05, 0.1) is 30.9 Å². The molecule has 10 nitrogen and oxygen atoms in total. The number of hydrogen-bond donors (Lipinski definition) is 0. The van der Waals surface area contributed by atoms with Gasteiger partial charge in [-0.05, 0) is 50.8 Å². The molecule has 190 valence electrons. The van der Waals surface area contributed by atoms with Crippen LogP contribution in [0.2, 0.25) is 0 Å². The highest BCUT2D eigenvalue weighted by Gasteiger charge is 2.29. The van der Waals surface area contributed by atoms with E-state index in [2.05, 4.69) is 4.98 Å². The zero-order valence-electron chi connectivity index (χ0n) is 20.9. The predicted molar refractivity (Wildman–Crippen MR) is 134 cm³/mol. The lowest BCUT2D eigenvalue weighted by Gasteiger charge is -2.35. The predicted octanol–water partition coefficient (Wildman–Crippen LogP) is 2.44. The molecule has 1 amide bonds. The molecule has 36 heavy (non-hydrogen) atoms. The number of nitrogens with zero attached hydrogens (tertiary/aromatic N) is 4. The van der Waals surface area contributed by atoms with Crippen molar-refractivity contribution in [1.82, 2.24) is 19.0 Å². The average molecular weight is 495 g/mol. The zero-order valence-corrected chi connectivity index (χ0v) is 20.9. The summed E-state index contributed by atoms with van der Waals surface area (Å²) < 4.78 is 12.5. The number of carbonyl (C=O) groups excluding carboxylic acids is 2. The number of para-hydroxylation sites is 2.